The van der Waals surface area contributed by atoms with Crippen molar-refractivity contribution in [2.24, 2.45) is 0 Å². The van der Waals surface area contributed by atoms with Gasteiger partial charge in [0, 0.05) is 17.2 Å². The molecule has 7 heteroatoms. The van der Waals surface area contributed by atoms with Crippen molar-refractivity contribution < 1.29 is 4.42 Å². The van der Waals surface area contributed by atoms with Crippen molar-refractivity contribution in [3.05, 3.63) is 45.3 Å². The molecule has 5 rings (SSSR count). The predicted octanol–water partition coefficient (Wildman–Crippen LogP) is 2.90. The van der Waals surface area contributed by atoms with Gasteiger partial charge in [0.25, 0.3) is 0 Å². The Kier molecular flexibility index (Phi) is 3.22. The highest BCUT2D eigenvalue weighted by molar-refractivity contribution is 7.98. The minimum atomic E-state index is -0.294. The average molecular weight is 340 g/mol. The summed E-state index contributed by atoms with van der Waals surface area (Å²) in [5, 5.41) is 13.8. The fourth-order valence-electron chi connectivity index (χ4n) is 3.39. The predicted molar refractivity (Wildman–Crippen MR) is 90.2 cm³/mol. The summed E-state index contributed by atoms with van der Waals surface area (Å²) in [6, 6.07) is 6.28. The summed E-state index contributed by atoms with van der Waals surface area (Å²) >= 11 is 1.58. The minimum Gasteiger partial charge on any atom is -0.423 e. The first-order valence-electron chi connectivity index (χ1n) is 8.27. The lowest BCUT2D eigenvalue weighted by atomic mass is 10.0. The lowest BCUT2D eigenvalue weighted by Gasteiger charge is -2.08. The van der Waals surface area contributed by atoms with Crippen LogP contribution in [0.5, 0.6) is 0 Å². The molecule has 2 aliphatic rings. The Morgan fingerprint density at radius 1 is 1.21 bits per heavy atom. The molecule has 0 unspecified atom stereocenters. The van der Waals surface area contributed by atoms with Gasteiger partial charge in [-0.25, -0.2) is 9.48 Å². The van der Waals surface area contributed by atoms with E-state index in [-0.39, 0.29) is 5.63 Å². The summed E-state index contributed by atoms with van der Waals surface area (Å²) in [4.78, 5) is 11.9. The lowest BCUT2D eigenvalue weighted by molar-refractivity contribution is 0.559. The van der Waals surface area contributed by atoms with E-state index in [1.165, 1.54) is 17.5 Å². The van der Waals surface area contributed by atoms with Crippen LogP contribution < -0.4 is 5.63 Å². The van der Waals surface area contributed by atoms with E-state index in [2.05, 4.69) is 21.6 Å². The number of thioether (sulfide) groups is 1. The molecule has 0 amide bonds. The maximum absolute atomic E-state index is 11.9. The summed E-state index contributed by atoms with van der Waals surface area (Å²) in [5.41, 5.74) is 4.09. The largest absolute Gasteiger partial charge is 0.423 e. The number of hydrogen-bond acceptors (Lipinski definition) is 6. The standard InChI is InChI=1S/C17H16N4O2S/c22-16-8-12(9-24-17-18-19-20-21(17)13-4-5-13)14-6-10-2-1-3-11(10)7-15(14)23-16/h6-8,13H,1-5,9H2. The van der Waals surface area contributed by atoms with Crippen LogP contribution in [0.4, 0.5) is 0 Å². The molecule has 0 aliphatic heterocycles. The maximum atomic E-state index is 11.9. The van der Waals surface area contributed by atoms with Crippen LogP contribution in [0.15, 0.2) is 32.6 Å². The molecular formula is C17H16N4O2S. The second-order valence-corrected chi connectivity index (χ2v) is 7.43. The van der Waals surface area contributed by atoms with Gasteiger partial charge in [-0.2, -0.15) is 0 Å². The molecule has 0 radical (unpaired) electrons. The second-order valence-electron chi connectivity index (χ2n) is 6.49. The van der Waals surface area contributed by atoms with Gasteiger partial charge in [-0.1, -0.05) is 11.8 Å². The van der Waals surface area contributed by atoms with Crippen molar-refractivity contribution in [1.29, 1.82) is 0 Å². The van der Waals surface area contributed by atoms with Crippen molar-refractivity contribution >= 4 is 22.7 Å². The number of benzene rings is 1. The highest BCUT2D eigenvalue weighted by Gasteiger charge is 2.28. The Bertz CT molecular complexity index is 990. The van der Waals surface area contributed by atoms with Crippen LogP contribution in [-0.4, -0.2) is 20.2 Å². The third-order valence-corrected chi connectivity index (χ3v) is 5.74. The highest BCUT2D eigenvalue weighted by atomic mass is 32.2. The van der Waals surface area contributed by atoms with Gasteiger partial charge in [0.15, 0.2) is 0 Å². The lowest BCUT2D eigenvalue weighted by Crippen LogP contribution is -2.02. The van der Waals surface area contributed by atoms with Crippen molar-refractivity contribution in [3.63, 3.8) is 0 Å². The van der Waals surface area contributed by atoms with Crippen LogP contribution >= 0.6 is 11.8 Å². The van der Waals surface area contributed by atoms with Gasteiger partial charge in [0.1, 0.15) is 5.58 Å². The molecule has 1 fully saturated rings. The van der Waals surface area contributed by atoms with Crippen LogP contribution in [0.25, 0.3) is 11.0 Å². The van der Waals surface area contributed by atoms with Gasteiger partial charge < -0.3 is 4.42 Å². The third kappa shape index (κ3) is 2.43. The summed E-state index contributed by atoms with van der Waals surface area (Å²) in [5.74, 6) is 0.661. The molecule has 122 valence electrons. The van der Waals surface area contributed by atoms with Gasteiger partial charge in [-0.15, -0.1) is 5.10 Å². The zero-order valence-corrected chi connectivity index (χ0v) is 13.9. The van der Waals surface area contributed by atoms with E-state index in [0.29, 0.717) is 17.4 Å². The Hall–Kier alpha value is -2.15. The van der Waals surface area contributed by atoms with E-state index < -0.39 is 0 Å². The Morgan fingerprint density at radius 2 is 2.04 bits per heavy atom. The molecule has 2 aromatic heterocycles. The zero-order valence-electron chi connectivity index (χ0n) is 13.1. The number of tetrazole rings is 1. The summed E-state index contributed by atoms with van der Waals surface area (Å²) in [6.07, 6.45) is 5.64. The molecule has 24 heavy (non-hydrogen) atoms. The number of hydrogen-bond donors (Lipinski definition) is 0. The molecule has 0 atom stereocenters. The van der Waals surface area contributed by atoms with Gasteiger partial charge in [0.2, 0.25) is 5.16 Å². The van der Waals surface area contributed by atoms with Crippen LogP contribution in [0, 0.1) is 0 Å². The molecular weight excluding hydrogens is 324 g/mol. The number of rotatable bonds is 4. The topological polar surface area (TPSA) is 73.8 Å². The van der Waals surface area contributed by atoms with Crippen molar-refractivity contribution in [1.82, 2.24) is 20.2 Å². The highest BCUT2D eigenvalue weighted by Crippen LogP contribution is 2.37. The number of aromatic nitrogens is 4. The van der Waals surface area contributed by atoms with Gasteiger partial charge in [-0.05, 0) is 71.4 Å². The van der Waals surface area contributed by atoms with E-state index in [1.807, 2.05) is 10.7 Å². The first-order valence-corrected chi connectivity index (χ1v) is 9.26. The molecule has 0 bridgehead atoms. The Morgan fingerprint density at radius 3 is 2.88 bits per heavy atom. The normalized spacial score (nSPS) is 16.7. The molecule has 2 heterocycles. The van der Waals surface area contributed by atoms with Gasteiger partial charge >= 0.3 is 5.63 Å². The van der Waals surface area contributed by atoms with Gasteiger partial charge in [-0.3, -0.25) is 0 Å². The van der Waals surface area contributed by atoms with E-state index in [0.717, 1.165) is 41.8 Å². The van der Waals surface area contributed by atoms with Gasteiger partial charge in [0.05, 0.1) is 6.04 Å². The molecule has 1 saturated carbocycles. The zero-order chi connectivity index (χ0) is 16.1. The van der Waals surface area contributed by atoms with E-state index in [1.54, 1.807) is 17.8 Å². The Balaban J connectivity index is 1.51. The van der Waals surface area contributed by atoms with Crippen molar-refractivity contribution in [3.8, 4) is 0 Å². The van der Waals surface area contributed by atoms with E-state index >= 15 is 0 Å². The summed E-state index contributed by atoms with van der Waals surface area (Å²) in [7, 11) is 0. The van der Waals surface area contributed by atoms with Crippen LogP contribution in [0.2, 0.25) is 0 Å². The molecule has 0 saturated heterocycles. The summed E-state index contributed by atoms with van der Waals surface area (Å²) in [6.45, 7) is 0. The third-order valence-electron chi connectivity index (χ3n) is 4.75. The first-order chi connectivity index (χ1) is 11.8. The van der Waals surface area contributed by atoms with E-state index in [4.69, 9.17) is 4.42 Å². The second kappa shape index (κ2) is 5.44. The number of fused-ring (bicyclic) bond motifs is 2. The first kappa shape index (κ1) is 14.2. The van der Waals surface area contributed by atoms with Crippen LogP contribution in [-0.2, 0) is 18.6 Å². The molecule has 0 spiro atoms. The number of aryl methyl sites for hydroxylation is 2. The molecule has 6 nitrogen and oxygen atoms in total. The fourth-order valence-corrected chi connectivity index (χ4v) is 4.32. The van der Waals surface area contributed by atoms with Crippen LogP contribution in [0.3, 0.4) is 0 Å². The van der Waals surface area contributed by atoms with E-state index in [9.17, 15) is 4.79 Å². The Labute approximate surface area is 142 Å². The molecule has 3 aromatic rings. The number of nitrogens with zero attached hydrogens (tertiary/aromatic N) is 4. The fraction of sp³-hybridized carbons (Fsp3) is 0.412. The summed E-state index contributed by atoms with van der Waals surface area (Å²) < 4.78 is 7.33. The van der Waals surface area contributed by atoms with Crippen molar-refractivity contribution in [2.75, 3.05) is 0 Å². The molecule has 0 N–H and O–H groups in total. The average Bonchev–Trinajstić information content (AvgIpc) is 3.13. The SMILES string of the molecule is O=c1cc(CSc2nnnn2C2CC2)c2cc3c(cc2o1)CCC3. The van der Waals surface area contributed by atoms with Crippen molar-refractivity contribution in [2.45, 2.75) is 49.1 Å². The molecule has 1 aromatic carbocycles. The monoisotopic (exact) mass is 340 g/mol. The maximum Gasteiger partial charge on any atom is 0.336 e. The minimum absolute atomic E-state index is 0.294. The molecule has 2 aliphatic carbocycles. The van der Waals surface area contributed by atoms with Crippen LogP contribution in [0.1, 0.15) is 42.0 Å². The quantitative estimate of drug-likeness (QED) is 0.537. The smallest absolute Gasteiger partial charge is 0.336 e.